The molecular weight excluding hydrogens is 587 g/mol. The van der Waals surface area contributed by atoms with Crippen molar-refractivity contribution in [2.75, 3.05) is 4.90 Å². The standard InChI is InChI=1S/C36H31N3O3S2/c1-36(2,3)27-19-17-25(18-20-27)31-30(29(40)21-16-23-10-5-4-6-11-23)32(41)33(42)39(31)34-37-38-35(44-34)43-22-26-14-9-13-24-12-7-8-15-28(24)26/h4-21,31,41H,22H2,1-3H3/b21-16+. The SMILES string of the molecule is CC(C)(C)c1ccc(C2C(C(=O)/C=C/c3ccccc3)=C(O)C(=O)N2c2nnc(SCc3cccc4ccccc34)s2)cc1. The van der Waals surface area contributed by atoms with Crippen LogP contribution in [0.3, 0.4) is 0 Å². The number of fused-ring (bicyclic) bond motifs is 1. The number of hydrogen-bond acceptors (Lipinski definition) is 7. The summed E-state index contributed by atoms with van der Waals surface area (Å²) in [5.74, 6) is -1.01. The van der Waals surface area contributed by atoms with Gasteiger partial charge < -0.3 is 5.11 Å². The van der Waals surface area contributed by atoms with E-state index in [1.54, 1.807) is 6.08 Å². The van der Waals surface area contributed by atoms with E-state index in [0.29, 0.717) is 20.8 Å². The summed E-state index contributed by atoms with van der Waals surface area (Å²) in [4.78, 5) is 28.6. The molecule has 1 aliphatic rings. The first kappa shape index (κ1) is 29.5. The average Bonchev–Trinajstić information content (AvgIpc) is 3.60. The van der Waals surface area contributed by atoms with Crippen LogP contribution in [-0.2, 0) is 20.8 Å². The zero-order valence-electron chi connectivity index (χ0n) is 24.6. The molecule has 1 unspecified atom stereocenters. The maximum atomic E-state index is 13.6. The van der Waals surface area contributed by atoms with Gasteiger partial charge in [-0.25, -0.2) is 0 Å². The number of nitrogens with zero attached hydrogens (tertiary/aromatic N) is 3. The van der Waals surface area contributed by atoms with Crippen molar-refractivity contribution in [1.82, 2.24) is 10.2 Å². The zero-order valence-corrected chi connectivity index (χ0v) is 26.2. The lowest BCUT2D eigenvalue weighted by molar-refractivity contribution is -0.117. The average molecular weight is 618 g/mol. The smallest absolute Gasteiger partial charge is 0.296 e. The first-order chi connectivity index (χ1) is 21.2. The largest absolute Gasteiger partial charge is 0.503 e. The van der Waals surface area contributed by atoms with E-state index in [-0.39, 0.29) is 11.0 Å². The summed E-state index contributed by atoms with van der Waals surface area (Å²) in [6.45, 7) is 6.38. The highest BCUT2D eigenvalue weighted by atomic mass is 32.2. The second-order valence-electron chi connectivity index (χ2n) is 11.6. The zero-order chi connectivity index (χ0) is 30.8. The van der Waals surface area contributed by atoms with E-state index in [2.05, 4.69) is 55.2 Å². The lowest BCUT2D eigenvalue weighted by Gasteiger charge is -2.25. The van der Waals surface area contributed by atoms with E-state index in [4.69, 9.17) is 0 Å². The monoisotopic (exact) mass is 617 g/mol. The molecule has 44 heavy (non-hydrogen) atoms. The lowest BCUT2D eigenvalue weighted by atomic mass is 9.85. The quantitative estimate of drug-likeness (QED) is 0.107. The Kier molecular flexibility index (Phi) is 8.21. The molecule has 0 saturated carbocycles. The molecule has 0 saturated heterocycles. The van der Waals surface area contributed by atoms with E-state index >= 15 is 0 Å². The molecule has 1 aromatic heterocycles. The van der Waals surface area contributed by atoms with Crippen LogP contribution < -0.4 is 4.90 Å². The first-order valence-electron chi connectivity index (χ1n) is 14.3. The Morgan fingerprint density at radius 2 is 1.64 bits per heavy atom. The van der Waals surface area contributed by atoms with E-state index in [9.17, 15) is 14.7 Å². The predicted molar refractivity (Wildman–Crippen MR) is 179 cm³/mol. The third-order valence-corrected chi connectivity index (χ3v) is 9.73. The molecule has 6 rings (SSSR count). The van der Waals surface area contributed by atoms with Crippen LogP contribution in [-0.4, -0.2) is 27.0 Å². The molecule has 8 heteroatoms. The molecule has 0 bridgehead atoms. The fourth-order valence-electron chi connectivity index (χ4n) is 5.28. The van der Waals surface area contributed by atoms with Crippen LogP contribution in [0.1, 0.15) is 49.1 Å². The third kappa shape index (κ3) is 5.96. The van der Waals surface area contributed by atoms with Gasteiger partial charge in [0.15, 0.2) is 15.9 Å². The number of benzene rings is 4. The Balaban J connectivity index is 1.32. The molecule has 5 aromatic rings. The Bertz CT molecular complexity index is 1900. The van der Waals surface area contributed by atoms with Crippen molar-refractivity contribution < 1.29 is 14.7 Å². The van der Waals surface area contributed by atoms with Gasteiger partial charge in [-0.1, -0.05) is 147 Å². The van der Waals surface area contributed by atoms with Gasteiger partial charge in [0.2, 0.25) is 5.13 Å². The molecule has 0 aliphatic carbocycles. The first-order valence-corrected chi connectivity index (χ1v) is 16.1. The maximum Gasteiger partial charge on any atom is 0.296 e. The van der Waals surface area contributed by atoms with Crippen LogP contribution in [0.4, 0.5) is 5.13 Å². The van der Waals surface area contributed by atoms with Crippen molar-refractivity contribution in [2.24, 2.45) is 0 Å². The number of allylic oxidation sites excluding steroid dienone is 1. The number of hydrogen-bond donors (Lipinski definition) is 1. The van der Waals surface area contributed by atoms with Crippen LogP contribution in [0.25, 0.3) is 16.8 Å². The van der Waals surface area contributed by atoms with Crippen LogP contribution in [0, 0.1) is 0 Å². The second kappa shape index (κ2) is 12.2. The number of thioether (sulfide) groups is 1. The van der Waals surface area contributed by atoms with Gasteiger partial charge >= 0.3 is 0 Å². The Morgan fingerprint density at radius 3 is 2.39 bits per heavy atom. The minimum absolute atomic E-state index is 0.0193. The molecule has 1 atom stereocenters. The van der Waals surface area contributed by atoms with Gasteiger partial charge in [0.25, 0.3) is 5.91 Å². The van der Waals surface area contributed by atoms with Crippen molar-refractivity contribution >= 4 is 56.8 Å². The van der Waals surface area contributed by atoms with Crippen molar-refractivity contribution in [3.8, 4) is 0 Å². The topological polar surface area (TPSA) is 83.4 Å². The van der Waals surface area contributed by atoms with Gasteiger partial charge in [0, 0.05) is 5.75 Å². The van der Waals surface area contributed by atoms with E-state index in [1.165, 1.54) is 50.4 Å². The molecule has 2 heterocycles. The third-order valence-electron chi connectivity index (χ3n) is 7.63. The predicted octanol–water partition coefficient (Wildman–Crippen LogP) is 8.46. The van der Waals surface area contributed by atoms with Crippen molar-refractivity contribution in [3.05, 3.63) is 137 Å². The molecule has 6 nitrogen and oxygen atoms in total. The van der Waals surface area contributed by atoms with Gasteiger partial charge in [-0.2, -0.15) is 0 Å². The lowest BCUT2D eigenvalue weighted by Crippen LogP contribution is -2.31. The summed E-state index contributed by atoms with van der Waals surface area (Å²) in [6.07, 6.45) is 3.09. The Morgan fingerprint density at radius 1 is 0.932 bits per heavy atom. The number of rotatable bonds is 8. The second-order valence-corrected chi connectivity index (χ2v) is 13.8. The molecule has 1 N–H and O–H groups in total. The molecular formula is C36H31N3O3S2. The van der Waals surface area contributed by atoms with Crippen LogP contribution >= 0.6 is 23.1 Å². The van der Waals surface area contributed by atoms with Gasteiger partial charge in [-0.3, -0.25) is 14.5 Å². The molecule has 0 radical (unpaired) electrons. The minimum atomic E-state index is -0.853. The van der Waals surface area contributed by atoms with Gasteiger partial charge in [-0.15, -0.1) is 10.2 Å². The van der Waals surface area contributed by atoms with E-state index < -0.39 is 23.5 Å². The summed E-state index contributed by atoms with van der Waals surface area (Å²) in [5.41, 5.74) is 3.78. The number of aliphatic hydroxyl groups is 1. The van der Waals surface area contributed by atoms with Crippen molar-refractivity contribution in [1.29, 1.82) is 0 Å². The minimum Gasteiger partial charge on any atom is -0.503 e. The Hall–Kier alpha value is -4.53. The van der Waals surface area contributed by atoms with Crippen molar-refractivity contribution in [3.63, 3.8) is 0 Å². The number of carbonyl (C=O) groups excluding carboxylic acids is 2. The molecule has 220 valence electrons. The highest BCUT2D eigenvalue weighted by Crippen LogP contribution is 2.44. The van der Waals surface area contributed by atoms with Crippen molar-refractivity contribution in [2.45, 2.75) is 42.3 Å². The number of carbonyl (C=O) groups is 2. The van der Waals surface area contributed by atoms with Gasteiger partial charge in [0.05, 0.1) is 11.6 Å². The van der Waals surface area contributed by atoms with Gasteiger partial charge in [0.1, 0.15) is 0 Å². The molecule has 4 aromatic carbocycles. The van der Waals surface area contributed by atoms with Crippen LogP contribution in [0.5, 0.6) is 0 Å². The molecule has 1 amide bonds. The van der Waals surface area contributed by atoms with Crippen LogP contribution in [0.15, 0.2) is 119 Å². The maximum absolute atomic E-state index is 13.6. The van der Waals surface area contributed by atoms with E-state index in [1.807, 2.05) is 72.8 Å². The number of ketones is 1. The molecule has 0 spiro atoms. The summed E-state index contributed by atoms with van der Waals surface area (Å²) in [7, 11) is 0. The van der Waals surface area contributed by atoms with E-state index in [0.717, 1.165) is 11.1 Å². The number of amides is 1. The summed E-state index contributed by atoms with van der Waals surface area (Å²) in [6, 6.07) is 30.9. The highest BCUT2D eigenvalue weighted by molar-refractivity contribution is 8.00. The fraction of sp³-hybridized carbons (Fsp3) is 0.167. The number of anilines is 1. The Labute approximate surface area is 264 Å². The van der Waals surface area contributed by atoms with Gasteiger partial charge in [-0.05, 0) is 44.5 Å². The summed E-state index contributed by atoms with van der Waals surface area (Å²) >= 11 is 2.81. The number of aliphatic hydroxyl groups excluding tert-OH is 1. The summed E-state index contributed by atoms with van der Waals surface area (Å²) in [5, 5.41) is 22.5. The molecule has 1 aliphatic heterocycles. The number of aromatic nitrogens is 2. The normalized spacial score (nSPS) is 15.6. The fourth-order valence-corrected chi connectivity index (χ4v) is 7.15. The highest BCUT2D eigenvalue weighted by Gasteiger charge is 2.45. The summed E-state index contributed by atoms with van der Waals surface area (Å²) < 4.78 is 0.686. The van der Waals surface area contributed by atoms with Crippen LogP contribution in [0.2, 0.25) is 0 Å². The molecule has 0 fully saturated rings.